The van der Waals surface area contributed by atoms with Gasteiger partial charge in [-0.05, 0) is 30.3 Å². The number of hydrogen-bond donors (Lipinski definition) is 0. The molecule has 0 amide bonds. The van der Waals surface area contributed by atoms with Gasteiger partial charge < -0.3 is 4.74 Å². The molecule has 0 aliphatic heterocycles. The first-order valence-corrected chi connectivity index (χ1v) is 6.80. The summed E-state index contributed by atoms with van der Waals surface area (Å²) >= 11 is 0. The van der Waals surface area contributed by atoms with Crippen molar-refractivity contribution in [3.63, 3.8) is 0 Å². The Morgan fingerprint density at radius 3 is 2.24 bits per heavy atom. The number of nitrogens with zero attached hydrogens (tertiary/aromatic N) is 1. The zero-order valence-electron chi connectivity index (χ0n) is 12.4. The molecule has 0 aromatic heterocycles. The van der Waals surface area contributed by atoms with E-state index in [0.29, 0.717) is 6.07 Å². The fourth-order valence-corrected chi connectivity index (χ4v) is 1.89. The van der Waals surface area contributed by atoms with Gasteiger partial charge in [0.2, 0.25) is 0 Å². The molecule has 130 valence electrons. The van der Waals surface area contributed by atoms with Crippen LogP contribution < -0.4 is 0 Å². The minimum Gasteiger partial charge on any atom is -0.454 e. The molecule has 0 radical (unpaired) electrons. The van der Waals surface area contributed by atoms with Crippen molar-refractivity contribution in [2.45, 2.75) is 6.18 Å². The van der Waals surface area contributed by atoms with Crippen LogP contribution >= 0.6 is 0 Å². The third-order valence-corrected chi connectivity index (χ3v) is 3.16. The summed E-state index contributed by atoms with van der Waals surface area (Å²) in [5.41, 5.74) is -1.49. The van der Waals surface area contributed by atoms with E-state index in [-0.39, 0.29) is 16.8 Å². The van der Waals surface area contributed by atoms with Gasteiger partial charge in [0.15, 0.2) is 12.4 Å². The smallest absolute Gasteiger partial charge is 0.416 e. The van der Waals surface area contributed by atoms with Crippen LogP contribution in [0.15, 0.2) is 48.5 Å². The first kappa shape index (κ1) is 18.1. The van der Waals surface area contributed by atoms with E-state index in [9.17, 15) is 32.9 Å². The number of halogens is 3. The van der Waals surface area contributed by atoms with Crippen LogP contribution in [0.1, 0.15) is 26.3 Å². The number of benzene rings is 2. The molecule has 0 spiro atoms. The van der Waals surface area contributed by atoms with Crippen molar-refractivity contribution in [2.75, 3.05) is 6.61 Å². The van der Waals surface area contributed by atoms with E-state index in [1.807, 2.05) is 0 Å². The first-order valence-electron chi connectivity index (χ1n) is 6.80. The average molecular weight is 353 g/mol. The van der Waals surface area contributed by atoms with E-state index in [0.717, 1.165) is 30.3 Å². The minimum atomic E-state index is -4.61. The van der Waals surface area contributed by atoms with Gasteiger partial charge in [-0.15, -0.1) is 0 Å². The summed E-state index contributed by atoms with van der Waals surface area (Å²) in [6.07, 6.45) is -4.61. The first-order chi connectivity index (χ1) is 11.7. The summed E-state index contributed by atoms with van der Waals surface area (Å²) in [5.74, 6) is -1.73. The number of ether oxygens (including phenoxy) is 1. The molecule has 6 nitrogen and oxygen atoms in total. The molecule has 0 atom stereocenters. The van der Waals surface area contributed by atoms with Crippen molar-refractivity contribution < 1.29 is 32.4 Å². The van der Waals surface area contributed by atoms with E-state index >= 15 is 0 Å². The lowest BCUT2D eigenvalue weighted by atomic mass is 10.1. The van der Waals surface area contributed by atoms with Gasteiger partial charge in [0.1, 0.15) is 0 Å². The summed E-state index contributed by atoms with van der Waals surface area (Å²) in [5, 5.41) is 10.5. The third-order valence-electron chi connectivity index (χ3n) is 3.16. The number of esters is 1. The number of non-ortho nitro benzene ring substituents is 1. The molecular weight excluding hydrogens is 343 g/mol. The van der Waals surface area contributed by atoms with Crippen molar-refractivity contribution in [1.82, 2.24) is 0 Å². The Bertz CT molecular complexity index is 815. The summed E-state index contributed by atoms with van der Waals surface area (Å²) in [4.78, 5) is 33.5. The molecule has 0 saturated heterocycles. The summed E-state index contributed by atoms with van der Waals surface area (Å²) < 4.78 is 42.5. The van der Waals surface area contributed by atoms with Crippen LogP contribution in [0.3, 0.4) is 0 Å². The fraction of sp³-hybridized carbons (Fsp3) is 0.125. The zero-order chi connectivity index (χ0) is 18.6. The van der Waals surface area contributed by atoms with Crippen molar-refractivity contribution in [2.24, 2.45) is 0 Å². The van der Waals surface area contributed by atoms with Gasteiger partial charge in [-0.1, -0.05) is 6.07 Å². The van der Waals surface area contributed by atoms with Crippen molar-refractivity contribution in [3.05, 3.63) is 75.3 Å². The maximum atomic E-state index is 12.6. The molecule has 25 heavy (non-hydrogen) atoms. The van der Waals surface area contributed by atoms with Gasteiger partial charge in [0.05, 0.1) is 16.1 Å². The molecular formula is C16H10F3NO5. The van der Waals surface area contributed by atoms with Crippen LogP contribution in [0.2, 0.25) is 0 Å². The van der Waals surface area contributed by atoms with Crippen molar-refractivity contribution in [1.29, 1.82) is 0 Å². The van der Waals surface area contributed by atoms with Gasteiger partial charge in [-0.25, -0.2) is 4.79 Å². The maximum Gasteiger partial charge on any atom is 0.416 e. The fourth-order valence-electron chi connectivity index (χ4n) is 1.89. The lowest BCUT2D eigenvalue weighted by Gasteiger charge is -2.08. The van der Waals surface area contributed by atoms with E-state index in [2.05, 4.69) is 0 Å². The van der Waals surface area contributed by atoms with Crippen molar-refractivity contribution >= 4 is 17.4 Å². The Morgan fingerprint density at radius 2 is 1.68 bits per heavy atom. The molecule has 0 aliphatic carbocycles. The van der Waals surface area contributed by atoms with Crippen LogP contribution in [0.4, 0.5) is 18.9 Å². The number of carbonyl (C=O) groups is 2. The summed E-state index contributed by atoms with van der Waals surface area (Å²) in [6.45, 7) is -0.701. The quantitative estimate of drug-likeness (QED) is 0.354. The molecule has 0 saturated carbocycles. The largest absolute Gasteiger partial charge is 0.454 e. The van der Waals surface area contributed by atoms with Crippen LogP contribution in [0.25, 0.3) is 0 Å². The second-order valence-electron chi connectivity index (χ2n) is 4.88. The van der Waals surface area contributed by atoms with E-state index in [1.54, 1.807) is 0 Å². The standard InChI is InChI=1S/C16H10F3NO5/c17-16(18,19)12-3-1-2-11(8-12)15(22)25-9-14(21)10-4-6-13(7-5-10)20(23)24/h1-8H,9H2. The Labute approximate surface area is 139 Å². The number of nitro benzene ring substituents is 1. The number of Topliss-reactive ketones (excluding diaryl/α,β-unsaturated/α-hetero) is 1. The topological polar surface area (TPSA) is 86.5 Å². The monoisotopic (exact) mass is 353 g/mol. The molecule has 0 aliphatic rings. The average Bonchev–Trinajstić information content (AvgIpc) is 2.58. The highest BCUT2D eigenvalue weighted by atomic mass is 19.4. The number of ketones is 1. The number of alkyl halides is 3. The Balaban J connectivity index is 2.02. The van der Waals surface area contributed by atoms with Crippen LogP contribution in [-0.4, -0.2) is 23.3 Å². The van der Waals surface area contributed by atoms with E-state index in [4.69, 9.17) is 4.74 Å². The molecule has 9 heteroatoms. The van der Waals surface area contributed by atoms with Gasteiger partial charge >= 0.3 is 12.1 Å². The number of nitro groups is 1. The highest BCUT2D eigenvalue weighted by Crippen LogP contribution is 2.29. The van der Waals surface area contributed by atoms with Gasteiger partial charge in [0, 0.05) is 17.7 Å². The normalized spacial score (nSPS) is 11.0. The number of carbonyl (C=O) groups excluding carboxylic acids is 2. The number of hydrogen-bond acceptors (Lipinski definition) is 5. The van der Waals surface area contributed by atoms with Crippen LogP contribution in [0.5, 0.6) is 0 Å². The van der Waals surface area contributed by atoms with Crippen LogP contribution in [-0.2, 0) is 10.9 Å². The summed E-state index contributed by atoms with van der Waals surface area (Å²) in [7, 11) is 0. The van der Waals surface area contributed by atoms with Gasteiger partial charge in [-0.3, -0.25) is 14.9 Å². The Morgan fingerprint density at radius 1 is 1.04 bits per heavy atom. The lowest BCUT2D eigenvalue weighted by Crippen LogP contribution is -2.15. The SMILES string of the molecule is O=C(COC(=O)c1cccc(C(F)(F)F)c1)c1ccc([N+](=O)[O-])cc1. The predicted octanol–water partition coefficient (Wildman–Crippen LogP) is 3.65. The van der Waals surface area contributed by atoms with E-state index < -0.39 is 35.0 Å². The highest BCUT2D eigenvalue weighted by molar-refractivity contribution is 5.99. The zero-order valence-corrected chi connectivity index (χ0v) is 12.4. The molecule has 2 rings (SSSR count). The minimum absolute atomic E-state index is 0.0717. The van der Waals surface area contributed by atoms with E-state index in [1.165, 1.54) is 12.1 Å². The second kappa shape index (κ2) is 7.12. The third kappa shape index (κ3) is 4.63. The molecule has 0 bridgehead atoms. The van der Waals surface area contributed by atoms with Crippen LogP contribution in [0, 0.1) is 10.1 Å². The van der Waals surface area contributed by atoms with Gasteiger partial charge in [-0.2, -0.15) is 13.2 Å². The van der Waals surface area contributed by atoms with Crippen molar-refractivity contribution in [3.8, 4) is 0 Å². The predicted molar refractivity (Wildman–Crippen MR) is 79.2 cm³/mol. The van der Waals surface area contributed by atoms with Gasteiger partial charge in [0.25, 0.3) is 5.69 Å². The molecule has 2 aromatic rings. The molecule has 0 fully saturated rings. The Kier molecular flexibility index (Phi) is 5.16. The molecule has 0 heterocycles. The lowest BCUT2D eigenvalue weighted by molar-refractivity contribution is -0.384. The molecule has 0 unspecified atom stereocenters. The molecule has 2 aromatic carbocycles. The summed E-state index contributed by atoms with van der Waals surface area (Å²) in [6, 6.07) is 8.23. The maximum absolute atomic E-state index is 12.6. The molecule has 0 N–H and O–H groups in total. The second-order valence-corrected chi connectivity index (χ2v) is 4.88. The Hall–Kier alpha value is -3.23. The highest BCUT2D eigenvalue weighted by Gasteiger charge is 2.31. The number of rotatable bonds is 5.